The fraction of sp³-hybridized carbons (Fsp3) is 0.393. The summed E-state index contributed by atoms with van der Waals surface area (Å²) in [6.45, 7) is 6.51. The quantitative estimate of drug-likeness (QED) is 0.341. The number of aliphatic hydroxyl groups excluding tert-OH is 1. The number of piperazine rings is 1. The van der Waals surface area contributed by atoms with Crippen LogP contribution < -0.4 is 14.4 Å². The van der Waals surface area contributed by atoms with E-state index in [2.05, 4.69) is 36.9 Å². The fourth-order valence-electron chi connectivity index (χ4n) is 4.84. The molecule has 1 aliphatic heterocycles. The molecule has 0 atom stereocenters. The Bertz CT molecular complexity index is 1350. The van der Waals surface area contributed by atoms with Crippen LogP contribution in [0.1, 0.15) is 0 Å². The molecule has 38 heavy (non-hydrogen) atoms. The molecule has 4 aromatic rings. The van der Waals surface area contributed by atoms with Gasteiger partial charge in [0, 0.05) is 94.2 Å². The molecule has 0 bridgehead atoms. The second-order valence-corrected chi connectivity index (χ2v) is 9.46. The minimum atomic E-state index is 0.207. The molecule has 5 rings (SSSR count). The SMILES string of the molecule is COc1cc(OC)cc(N(CCN2CCN(CCO)CC2)c2ccc3ncc(-c4cnn(C)c4)nc3c2)c1. The van der Waals surface area contributed by atoms with E-state index in [-0.39, 0.29) is 6.61 Å². The van der Waals surface area contributed by atoms with Crippen molar-refractivity contribution >= 4 is 22.4 Å². The number of anilines is 2. The lowest BCUT2D eigenvalue weighted by molar-refractivity contribution is 0.114. The summed E-state index contributed by atoms with van der Waals surface area (Å²) >= 11 is 0. The lowest BCUT2D eigenvalue weighted by atomic mass is 10.2. The normalized spacial score (nSPS) is 14.6. The Hall–Kier alpha value is -3.73. The number of ether oxygens (including phenoxy) is 2. The molecule has 10 nitrogen and oxygen atoms in total. The van der Waals surface area contributed by atoms with E-state index in [1.54, 1.807) is 31.3 Å². The highest BCUT2D eigenvalue weighted by Crippen LogP contribution is 2.34. The summed E-state index contributed by atoms with van der Waals surface area (Å²) in [6.07, 6.45) is 5.53. The zero-order valence-electron chi connectivity index (χ0n) is 22.2. The maximum absolute atomic E-state index is 9.26. The molecule has 2 aromatic carbocycles. The summed E-state index contributed by atoms with van der Waals surface area (Å²) in [5.41, 5.74) is 5.38. The van der Waals surface area contributed by atoms with Crippen molar-refractivity contribution in [3.63, 3.8) is 0 Å². The Balaban J connectivity index is 1.46. The molecule has 200 valence electrons. The van der Waals surface area contributed by atoms with Crippen LogP contribution in [0, 0.1) is 0 Å². The summed E-state index contributed by atoms with van der Waals surface area (Å²) in [4.78, 5) is 16.6. The molecule has 1 saturated heterocycles. The van der Waals surface area contributed by atoms with Crippen molar-refractivity contribution in [1.82, 2.24) is 29.5 Å². The summed E-state index contributed by atoms with van der Waals surface area (Å²) < 4.78 is 12.9. The topological polar surface area (TPSA) is 92.0 Å². The van der Waals surface area contributed by atoms with E-state index in [0.717, 1.165) is 91.0 Å². The Morgan fingerprint density at radius 3 is 2.21 bits per heavy atom. The zero-order chi connectivity index (χ0) is 26.5. The largest absolute Gasteiger partial charge is 0.497 e. The zero-order valence-corrected chi connectivity index (χ0v) is 22.2. The second kappa shape index (κ2) is 11.8. The van der Waals surface area contributed by atoms with E-state index in [9.17, 15) is 5.11 Å². The summed E-state index contributed by atoms with van der Waals surface area (Å²) in [6, 6.07) is 12.1. The number of rotatable bonds is 10. The predicted octanol–water partition coefficient (Wildman–Crippen LogP) is 2.80. The van der Waals surface area contributed by atoms with Crippen LogP contribution in [0.3, 0.4) is 0 Å². The summed E-state index contributed by atoms with van der Waals surface area (Å²) in [5, 5.41) is 13.5. The highest BCUT2D eigenvalue weighted by molar-refractivity contribution is 5.82. The number of methoxy groups -OCH3 is 2. The third-order valence-corrected chi connectivity index (χ3v) is 7.01. The van der Waals surface area contributed by atoms with Crippen LogP contribution in [0.25, 0.3) is 22.3 Å². The van der Waals surface area contributed by atoms with E-state index in [0.29, 0.717) is 0 Å². The van der Waals surface area contributed by atoms with E-state index < -0.39 is 0 Å². The van der Waals surface area contributed by atoms with Gasteiger partial charge in [0.25, 0.3) is 0 Å². The number of benzene rings is 2. The van der Waals surface area contributed by atoms with Gasteiger partial charge in [-0.15, -0.1) is 0 Å². The highest BCUT2D eigenvalue weighted by Gasteiger charge is 2.19. The summed E-state index contributed by atoms with van der Waals surface area (Å²) in [5.74, 6) is 1.47. The number of nitrogens with zero attached hydrogens (tertiary/aromatic N) is 7. The van der Waals surface area contributed by atoms with Gasteiger partial charge in [-0.1, -0.05) is 0 Å². The molecule has 0 amide bonds. The average molecular weight is 518 g/mol. The van der Waals surface area contributed by atoms with Gasteiger partial charge in [0.2, 0.25) is 0 Å². The van der Waals surface area contributed by atoms with Crippen molar-refractivity contribution < 1.29 is 14.6 Å². The van der Waals surface area contributed by atoms with Gasteiger partial charge in [-0.05, 0) is 18.2 Å². The highest BCUT2D eigenvalue weighted by atomic mass is 16.5. The van der Waals surface area contributed by atoms with Gasteiger partial charge in [-0.3, -0.25) is 19.5 Å². The van der Waals surface area contributed by atoms with Crippen LogP contribution >= 0.6 is 0 Å². The maximum atomic E-state index is 9.26. The lowest BCUT2D eigenvalue weighted by Gasteiger charge is -2.36. The third-order valence-electron chi connectivity index (χ3n) is 7.01. The molecule has 0 spiro atoms. The number of aliphatic hydroxyl groups is 1. The number of β-amino-alcohol motifs (C(OH)–C–C–N with tert-alkyl or cyclic N) is 1. The van der Waals surface area contributed by atoms with Gasteiger partial charge in [-0.2, -0.15) is 5.10 Å². The predicted molar refractivity (Wildman–Crippen MR) is 148 cm³/mol. The Labute approximate surface area is 223 Å². The number of hydrogen-bond acceptors (Lipinski definition) is 9. The van der Waals surface area contributed by atoms with Gasteiger partial charge in [0.1, 0.15) is 11.5 Å². The van der Waals surface area contributed by atoms with Crippen LogP contribution in [0.4, 0.5) is 11.4 Å². The Morgan fingerprint density at radius 2 is 1.58 bits per heavy atom. The minimum Gasteiger partial charge on any atom is -0.497 e. The first-order valence-corrected chi connectivity index (χ1v) is 12.9. The molecule has 0 saturated carbocycles. The van der Waals surface area contributed by atoms with Crippen LogP contribution in [0.15, 0.2) is 55.0 Å². The van der Waals surface area contributed by atoms with Crippen molar-refractivity contribution in [2.24, 2.45) is 7.05 Å². The molecule has 0 aliphatic carbocycles. The van der Waals surface area contributed by atoms with Gasteiger partial charge in [0.15, 0.2) is 0 Å². The van der Waals surface area contributed by atoms with Crippen molar-refractivity contribution in [2.45, 2.75) is 0 Å². The van der Waals surface area contributed by atoms with Gasteiger partial charge < -0.3 is 19.5 Å². The third kappa shape index (κ3) is 5.88. The van der Waals surface area contributed by atoms with Gasteiger partial charge in [0.05, 0.1) is 49.9 Å². The standard InChI is InChI=1S/C28H35N7O3/c1-32-20-21(18-30-32)28-19-29-26-5-4-22(16-27(26)31-28)35(23-14-24(37-2)17-25(15-23)38-3)11-10-33-6-8-34(9-7-33)12-13-36/h4-5,14-20,36H,6-13H2,1-3H3. The van der Waals surface area contributed by atoms with E-state index >= 15 is 0 Å². The van der Waals surface area contributed by atoms with Crippen LogP contribution in [-0.4, -0.2) is 101 Å². The van der Waals surface area contributed by atoms with E-state index in [1.807, 2.05) is 37.5 Å². The molecular formula is C28H35N7O3. The Kier molecular flexibility index (Phi) is 8.02. The van der Waals surface area contributed by atoms with Gasteiger partial charge >= 0.3 is 0 Å². The molecule has 0 unspecified atom stereocenters. The molecule has 1 N–H and O–H groups in total. The second-order valence-electron chi connectivity index (χ2n) is 9.46. The maximum Gasteiger partial charge on any atom is 0.124 e. The molecule has 3 heterocycles. The van der Waals surface area contributed by atoms with Crippen molar-refractivity contribution in [2.75, 3.05) is 71.5 Å². The molecule has 10 heteroatoms. The lowest BCUT2D eigenvalue weighted by Crippen LogP contribution is -2.48. The fourth-order valence-corrected chi connectivity index (χ4v) is 4.84. The first kappa shape index (κ1) is 25.9. The van der Waals surface area contributed by atoms with Crippen LogP contribution in [0.5, 0.6) is 11.5 Å². The van der Waals surface area contributed by atoms with E-state index in [4.69, 9.17) is 14.5 Å². The monoisotopic (exact) mass is 517 g/mol. The van der Waals surface area contributed by atoms with Crippen molar-refractivity contribution in [1.29, 1.82) is 0 Å². The molecule has 2 aromatic heterocycles. The summed E-state index contributed by atoms with van der Waals surface area (Å²) in [7, 11) is 5.23. The van der Waals surface area contributed by atoms with Crippen LogP contribution in [0.2, 0.25) is 0 Å². The number of fused-ring (bicyclic) bond motifs is 1. The molecule has 0 radical (unpaired) electrons. The van der Waals surface area contributed by atoms with Crippen molar-refractivity contribution in [3.05, 3.63) is 55.0 Å². The first-order chi connectivity index (χ1) is 18.6. The number of hydrogen-bond donors (Lipinski definition) is 1. The Morgan fingerprint density at radius 1 is 0.868 bits per heavy atom. The molecule has 1 fully saturated rings. The van der Waals surface area contributed by atoms with Gasteiger partial charge in [-0.25, -0.2) is 4.98 Å². The van der Waals surface area contributed by atoms with E-state index in [1.165, 1.54) is 0 Å². The average Bonchev–Trinajstić information content (AvgIpc) is 3.39. The smallest absolute Gasteiger partial charge is 0.124 e. The minimum absolute atomic E-state index is 0.207. The number of aryl methyl sites for hydroxylation is 1. The molecule has 1 aliphatic rings. The first-order valence-electron chi connectivity index (χ1n) is 12.9. The van der Waals surface area contributed by atoms with Crippen LogP contribution in [-0.2, 0) is 7.05 Å². The molecular weight excluding hydrogens is 482 g/mol. The van der Waals surface area contributed by atoms with Crippen molar-refractivity contribution in [3.8, 4) is 22.8 Å². The number of aromatic nitrogens is 4.